The van der Waals surface area contributed by atoms with E-state index in [-0.39, 0.29) is 33.7 Å². The van der Waals surface area contributed by atoms with E-state index in [1.807, 2.05) is 0 Å². The second kappa shape index (κ2) is 11.6. The molecule has 10 nitrogen and oxygen atoms in total. The van der Waals surface area contributed by atoms with Gasteiger partial charge >= 0.3 is 11.9 Å². The third kappa shape index (κ3) is 4.91. The zero-order valence-electron chi connectivity index (χ0n) is 22.6. The number of nitrogens with zero attached hydrogens (tertiary/aromatic N) is 2. The highest BCUT2D eigenvalue weighted by atomic mass is 32.1. The van der Waals surface area contributed by atoms with Crippen LogP contribution in [0.2, 0.25) is 0 Å². The van der Waals surface area contributed by atoms with Gasteiger partial charge in [0.05, 0.1) is 32.6 Å². The fourth-order valence-corrected chi connectivity index (χ4v) is 5.49. The molecule has 1 saturated heterocycles. The van der Waals surface area contributed by atoms with Gasteiger partial charge < -0.3 is 24.1 Å². The molecule has 4 rings (SSSR count). The molecule has 1 aliphatic rings. The van der Waals surface area contributed by atoms with Crippen LogP contribution in [0.1, 0.15) is 38.1 Å². The number of amides is 1. The van der Waals surface area contributed by atoms with Gasteiger partial charge in [-0.1, -0.05) is 36.1 Å². The Bertz CT molecular complexity index is 1540. The molecule has 11 heteroatoms. The lowest BCUT2D eigenvalue weighted by molar-refractivity contribution is -0.132. The van der Waals surface area contributed by atoms with Crippen LogP contribution in [0.25, 0.3) is 5.76 Å². The summed E-state index contributed by atoms with van der Waals surface area (Å²) < 4.78 is 21.6. The van der Waals surface area contributed by atoms with Gasteiger partial charge in [0.1, 0.15) is 29.0 Å². The molecule has 1 aromatic heterocycles. The number of anilines is 1. The van der Waals surface area contributed by atoms with Crippen molar-refractivity contribution in [3.63, 3.8) is 0 Å². The fraction of sp³-hybridized carbons (Fsp3) is 0.241. The van der Waals surface area contributed by atoms with Crippen LogP contribution in [0, 0.1) is 13.8 Å². The predicted octanol–water partition coefficient (Wildman–Crippen LogP) is 4.75. The molecule has 1 aliphatic heterocycles. The Morgan fingerprint density at radius 2 is 1.82 bits per heavy atom. The van der Waals surface area contributed by atoms with Crippen LogP contribution >= 0.6 is 11.3 Å². The molecule has 0 spiro atoms. The Morgan fingerprint density at radius 3 is 2.45 bits per heavy atom. The number of aromatic nitrogens is 1. The highest BCUT2D eigenvalue weighted by Crippen LogP contribution is 2.48. The lowest BCUT2D eigenvalue weighted by Crippen LogP contribution is -2.29. The minimum Gasteiger partial charge on any atom is -0.507 e. The quantitative estimate of drug-likeness (QED) is 0.129. The van der Waals surface area contributed by atoms with Crippen molar-refractivity contribution in [1.82, 2.24) is 4.98 Å². The second-order valence-electron chi connectivity index (χ2n) is 8.73. The van der Waals surface area contributed by atoms with Crippen LogP contribution < -0.4 is 19.1 Å². The van der Waals surface area contributed by atoms with E-state index in [0.29, 0.717) is 28.3 Å². The number of aliphatic hydroxyl groups is 1. The van der Waals surface area contributed by atoms with Crippen molar-refractivity contribution >= 4 is 39.9 Å². The number of Topliss-reactive ketones (excluding diaryl/α,β-unsaturated/α-hetero) is 1. The average molecular weight is 565 g/mol. The van der Waals surface area contributed by atoms with E-state index in [1.54, 1.807) is 50.2 Å². The first-order valence-electron chi connectivity index (χ1n) is 12.1. The van der Waals surface area contributed by atoms with Crippen molar-refractivity contribution in [2.75, 3.05) is 32.8 Å². The van der Waals surface area contributed by atoms with Crippen LogP contribution in [0.4, 0.5) is 5.13 Å². The third-order valence-electron chi connectivity index (χ3n) is 6.35. The number of para-hydroxylation sites is 1. The summed E-state index contributed by atoms with van der Waals surface area (Å²) in [5.74, 6) is -1.67. The van der Waals surface area contributed by atoms with Crippen LogP contribution in [0.3, 0.4) is 0 Å². The van der Waals surface area contributed by atoms with Crippen LogP contribution in [0.5, 0.6) is 17.2 Å². The van der Waals surface area contributed by atoms with E-state index in [0.717, 1.165) is 21.8 Å². The molecule has 2 heterocycles. The number of aliphatic hydroxyl groups excluding tert-OH is 1. The molecule has 2 aromatic carbocycles. The summed E-state index contributed by atoms with van der Waals surface area (Å²) in [7, 11) is 4.42. The van der Waals surface area contributed by atoms with Crippen molar-refractivity contribution < 1.29 is 38.4 Å². The summed E-state index contributed by atoms with van der Waals surface area (Å²) in [6, 6.07) is 8.76. The van der Waals surface area contributed by atoms with Crippen LogP contribution in [-0.2, 0) is 14.3 Å². The standard InChI is InChI=1S/C29H28N2O8S/c1-7-13-39-28(35)26-16(3)30-29(40-26)31-22(18-9-8-10-20(37-5)25(18)38-6)21(24(33)27(31)34)23(32)17-11-12-19(36-4)15(2)14-17/h7-12,14,22,32H,1,13H2,2-6H3/t22-/m1/s1. The first kappa shape index (κ1) is 28.4. The topological polar surface area (TPSA) is 124 Å². The minimum absolute atomic E-state index is 0.00168. The highest BCUT2D eigenvalue weighted by Gasteiger charge is 2.49. The summed E-state index contributed by atoms with van der Waals surface area (Å²) in [6.07, 6.45) is 1.43. The molecule has 0 aliphatic carbocycles. The Morgan fingerprint density at radius 1 is 1.10 bits per heavy atom. The number of carbonyl (C=O) groups is 3. The lowest BCUT2D eigenvalue weighted by Gasteiger charge is -2.25. The van der Waals surface area contributed by atoms with E-state index >= 15 is 0 Å². The number of carbonyl (C=O) groups excluding carboxylic acids is 3. The molecule has 0 bridgehead atoms. The Kier molecular flexibility index (Phi) is 8.24. The molecule has 0 unspecified atom stereocenters. The first-order valence-corrected chi connectivity index (χ1v) is 12.9. The predicted molar refractivity (Wildman–Crippen MR) is 149 cm³/mol. The van der Waals surface area contributed by atoms with Crippen molar-refractivity contribution in [3.8, 4) is 17.2 Å². The van der Waals surface area contributed by atoms with E-state index in [2.05, 4.69) is 11.6 Å². The van der Waals surface area contributed by atoms with E-state index < -0.39 is 23.7 Å². The van der Waals surface area contributed by atoms with Gasteiger partial charge in [0, 0.05) is 11.1 Å². The van der Waals surface area contributed by atoms with Gasteiger partial charge in [0.15, 0.2) is 16.6 Å². The monoisotopic (exact) mass is 564 g/mol. The number of hydrogen-bond donors (Lipinski definition) is 1. The molecule has 1 fully saturated rings. The van der Waals surface area contributed by atoms with Crippen molar-refractivity contribution in [3.05, 3.63) is 81.9 Å². The van der Waals surface area contributed by atoms with Gasteiger partial charge in [0.25, 0.3) is 5.78 Å². The molecule has 0 saturated carbocycles. The van der Waals surface area contributed by atoms with Gasteiger partial charge in [-0.05, 0) is 43.7 Å². The van der Waals surface area contributed by atoms with E-state index in [9.17, 15) is 19.5 Å². The summed E-state index contributed by atoms with van der Waals surface area (Å²) in [6.45, 7) is 6.93. The number of benzene rings is 2. The molecule has 208 valence electrons. The average Bonchev–Trinajstić information content (AvgIpc) is 3.46. The largest absolute Gasteiger partial charge is 0.507 e. The van der Waals surface area contributed by atoms with Crippen molar-refractivity contribution in [2.24, 2.45) is 0 Å². The SMILES string of the molecule is C=CCOC(=O)c1sc(N2C(=O)C(=O)C(=C(O)c3ccc(OC)c(C)c3)[C@H]2c2cccc(OC)c2OC)nc1C. The van der Waals surface area contributed by atoms with Crippen molar-refractivity contribution in [2.45, 2.75) is 19.9 Å². The highest BCUT2D eigenvalue weighted by molar-refractivity contribution is 7.17. The molecule has 40 heavy (non-hydrogen) atoms. The van der Waals surface area contributed by atoms with Gasteiger partial charge in [0.2, 0.25) is 0 Å². The van der Waals surface area contributed by atoms with Gasteiger partial charge in [-0.3, -0.25) is 14.5 Å². The zero-order chi connectivity index (χ0) is 29.1. The maximum Gasteiger partial charge on any atom is 0.350 e. The van der Waals surface area contributed by atoms with Gasteiger partial charge in [-0.2, -0.15) is 0 Å². The lowest BCUT2D eigenvalue weighted by atomic mass is 9.94. The van der Waals surface area contributed by atoms with Crippen LogP contribution in [-0.4, -0.2) is 55.7 Å². The Labute approximate surface area is 235 Å². The Hall–Kier alpha value is -4.64. The second-order valence-corrected chi connectivity index (χ2v) is 9.71. The molecular formula is C29H28N2O8S. The van der Waals surface area contributed by atoms with E-state index in [1.165, 1.54) is 27.4 Å². The first-order chi connectivity index (χ1) is 19.2. The van der Waals surface area contributed by atoms with Crippen molar-refractivity contribution in [1.29, 1.82) is 0 Å². The maximum atomic E-state index is 13.6. The third-order valence-corrected chi connectivity index (χ3v) is 7.49. The summed E-state index contributed by atoms with van der Waals surface area (Å²) >= 11 is 0.900. The number of thiazole rings is 1. The summed E-state index contributed by atoms with van der Waals surface area (Å²) in [4.78, 5) is 45.5. The maximum absolute atomic E-state index is 13.6. The number of rotatable bonds is 9. The minimum atomic E-state index is -1.16. The fourth-order valence-electron chi connectivity index (χ4n) is 4.51. The molecule has 0 radical (unpaired) electrons. The smallest absolute Gasteiger partial charge is 0.350 e. The van der Waals surface area contributed by atoms with E-state index in [4.69, 9.17) is 18.9 Å². The normalized spacial score (nSPS) is 16.1. The molecular weight excluding hydrogens is 536 g/mol. The summed E-state index contributed by atoms with van der Waals surface area (Å²) in [5.41, 5.74) is 1.54. The number of esters is 1. The zero-order valence-corrected chi connectivity index (χ0v) is 23.5. The number of methoxy groups -OCH3 is 3. The molecule has 1 amide bonds. The Balaban J connectivity index is 1.97. The molecule has 3 aromatic rings. The number of aryl methyl sites for hydroxylation is 2. The van der Waals surface area contributed by atoms with Crippen LogP contribution in [0.15, 0.2) is 54.6 Å². The molecule has 1 atom stereocenters. The number of hydrogen-bond acceptors (Lipinski definition) is 10. The number of ether oxygens (including phenoxy) is 4. The van der Waals surface area contributed by atoms with Gasteiger partial charge in [-0.15, -0.1) is 0 Å². The number of ketones is 1. The van der Waals surface area contributed by atoms with Gasteiger partial charge in [-0.25, -0.2) is 9.78 Å². The molecule has 1 N–H and O–H groups in total. The summed E-state index contributed by atoms with van der Waals surface area (Å²) in [5, 5.41) is 11.6.